The predicted octanol–water partition coefficient (Wildman–Crippen LogP) is 2.39. The first-order valence-corrected chi connectivity index (χ1v) is 6.76. The number of pyridine rings is 1. The van der Waals surface area contributed by atoms with Crippen LogP contribution in [0.4, 0.5) is 0 Å². The average Bonchev–Trinajstić information content (AvgIpc) is 2.65. The highest BCUT2D eigenvalue weighted by Gasteiger charge is 2.17. The summed E-state index contributed by atoms with van der Waals surface area (Å²) >= 11 is 0. The molecule has 3 heteroatoms. The zero-order valence-electron chi connectivity index (χ0n) is 10.4. The smallest absolute Gasteiger partial charge is 0.0462 e. The van der Waals surface area contributed by atoms with E-state index in [1.807, 2.05) is 18.5 Å². The molecule has 3 nitrogen and oxygen atoms in total. The van der Waals surface area contributed by atoms with Crippen LogP contribution in [-0.2, 0) is 0 Å². The SMILES string of the molecule is NCC(NC1CCCCCC1)c1cccnc1. The molecule has 1 aromatic rings. The fraction of sp³-hybridized carbons (Fsp3) is 0.643. The quantitative estimate of drug-likeness (QED) is 0.785. The van der Waals surface area contributed by atoms with Crippen molar-refractivity contribution in [3.8, 4) is 0 Å². The lowest BCUT2D eigenvalue weighted by molar-refractivity contribution is 0.402. The van der Waals surface area contributed by atoms with E-state index in [1.165, 1.54) is 44.1 Å². The minimum absolute atomic E-state index is 0.256. The van der Waals surface area contributed by atoms with Crippen LogP contribution in [0.25, 0.3) is 0 Å². The van der Waals surface area contributed by atoms with Crippen LogP contribution in [0, 0.1) is 0 Å². The Morgan fingerprint density at radius 2 is 2.06 bits per heavy atom. The number of nitrogens with zero attached hydrogens (tertiary/aromatic N) is 1. The van der Waals surface area contributed by atoms with Gasteiger partial charge in [-0.05, 0) is 24.5 Å². The van der Waals surface area contributed by atoms with Gasteiger partial charge in [-0.1, -0.05) is 31.7 Å². The van der Waals surface area contributed by atoms with Gasteiger partial charge in [-0.2, -0.15) is 0 Å². The van der Waals surface area contributed by atoms with Crippen molar-refractivity contribution in [2.45, 2.75) is 50.6 Å². The van der Waals surface area contributed by atoms with Gasteiger partial charge in [0, 0.05) is 31.0 Å². The summed E-state index contributed by atoms with van der Waals surface area (Å²) in [6, 6.07) is 4.97. The number of aromatic nitrogens is 1. The van der Waals surface area contributed by atoms with Crippen molar-refractivity contribution in [3.63, 3.8) is 0 Å². The van der Waals surface area contributed by atoms with Crippen molar-refractivity contribution >= 4 is 0 Å². The Hall–Kier alpha value is -0.930. The van der Waals surface area contributed by atoms with E-state index in [-0.39, 0.29) is 6.04 Å². The topological polar surface area (TPSA) is 50.9 Å². The number of hydrogen-bond acceptors (Lipinski definition) is 3. The van der Waals surface area contributed by atoms with Crippen LogP contribution in [0.3, 0.4) is 0 Å². The van der Waals surface area contributed by atoms with Gasteiger partial charge >= 0.3 is 0 Å². The third kappa shape index (κ3) is 3.79. The van der Waals surface area contributed by atoms with Gasteiger partial charge < -0.3 is 11.1 Å². The van der Waals surface area contributed by atoms with E-state index < -0.39 is 0 Å². The summed E-state index contributed by atoms with van der Waals surface area (Å²) in [6.07, 6.45) is 11.8. The molecule has 0 aliphatic heterocycles. The van der Waals surface area contributed by atoms with Gasteiger partial charge in [0.2, 0.25) is 0 Å². The maximum absolute atomic E-state index is 5.87. The molecular weight excluding hydrogens is 210 g/mol. The Balaban J connectivity index is 1.94. The molecule has 3 N–H and O–H groups in total. The zero-order valence-corrected chi connectivity index (χ0v) is 10.4. The Morgan fingerprint density at radius 3 is 2.65 bits per heavy atom. The van der Waals surface area contributed by atoms with Crippen LogP contribution in [-0.4, -0.2) is 17.6 Å². The summed E-state index contributed by atoms with van der Waals surface area (Å²) in [6.45, 7) is 0.641. The van der Waals surface area contributed by atoms with E-state index in [0.717, 1.165) is 0 Å². The molecule has 1 heterocycles. The third-order valence-electron chi connectivity index (χ3n) is 3.61. The van der Waals surface area contributed by atoms with Crippen molar-refractivity contribution in [2.24, 2.45) is 5.73 Å². The van der Waals surface area contributed by atoms with Gasteiger partial charge in [0.15, 0.2) is 0 Å². The van der Waals surface area contributed by atoms with Gasteiger partial charge in [-0.15, -0.1) is 0 Å². The van der Waals surface area contributed by atoms with E-state index in [0.29, 0.717) is 12.6 Å². The maximum Gasteiger partial charge on any atom is 0.0462 e. The van der Waals surface area contributed by atoms with Crippen molar-refractivity contribution in [3.05, 3.63) is 30.1 Å². The van der Waals surface area contributed by atoms with E-state index in [2.05, 4.69) is 16.4 Å². The Kier molecular flexibility index (Phi) is 4.95. The highest BCUT2D eigenvalue weighted by Crippen LogP contribution is 2.20. The van der Waals surface area contributed by atoms with Crippen LogP contribution >= 0.6 is 0 Å². The van der Waals surface area contributed by atoms with Crippen LogP contribution in [0.1, 0.15) is 50.1 Å². The predicted molar refractivity (Wildman–Crippen MR) is 70.7 cm³/mol. The number of nitrogens with one attached hydrogen (secondary N) is 1. The lowest BCUT2D eigenvalue weighted by atomic mass is 10.0. The molecule has 0 bridgehead atoms. The maximum atomic E-state index is 5.87. The second-order valence-corrected chi connectivity index (χ2v) is 4.93. The molecule has 1 fully saturated rings. The molecule has 0 spiro atoms. The van der Waals surface area contributed by atoms with Gasteiger partial charge in [-0.3, -0.25) is 4.98 Å². The molecule has 0 saturated heterocycles. The molecule has 1 atom stereocenters. The molecule has 0 amide bonds. The van der Waals surface area contributed by atoms with Gasteiger partial charge in [0.05, 0.1) is 0 Å². The molecule has 1 aromatic heterocycles. The molecule has 1 aliphatic rings. The molecule has 1 saturated carbocycles. The monoisotopic (exact) mass is 233 g/mol. The minimum atomic E-state index is 0.256. The number of hydrogen-bond donors (Lipinski definition) is 2. The van der Waals surface area contributed by atoms with E-state index in [9.17, 15) is 0 Å². The lowest BCUT2D eigenvalue weighted by Crippen LogP contribution is -2.36. The van der Waals surface area contributed by atoms with Crippen molar-refractivity contribution < 1.29 is 0 Å². The van der Waals surface area contributed by atoms with Crippen LogP contribution in [0.2, 0.25) is 0 Å². The normalized spacial score (nSPS) is 19.8. The Labute approximate surface area is 104 Å². The summed E-state index contributed by atoms with van der Waals surface area (Å²) in [5.74, 6) is 0. The first kappa shape index (κ1) is 12.5. The fourth-order valence-corrected chi connectivity index (χ4v) is 2.61. The highest BCUT2D eigenvalue weighted by molar-refractivity contribution is 5.14. The summed E-state index contributed by atoms with van der Waals surface area (Å²) in [7, 11) is 0. The summed E-state index contributed by atoms with van der Waals surface area (Å²) in [5, 5.41) is 3.70. The van der Waals surface area contributed by atoms with Crippen molar-refractivity contribution in [2.75, 3.05) is 6.54 Å². The number of rotatable bonds is 4. The van der Waals surface area contributed by atoms with Gasteiger partial charge in [0.25, 0.3) is 0 Å². The second kappa shape index (κ2) is 6.72. The summed E-state index contributed by atoms with van der Waals surface area (Å²) in [5.41, 5.74) is 7.08. The molecular formula is C14H23N3. The molecule has 1 unspecified atom stereocenters. The van der Waals surface area contributed by atoms with E-state index >= 15 is 0 Å². The minimum Gasteiger partial charge on any atom is -0.329 e. The van der Waals surface area contributed by atoms with E-state index in [4.69, 9.17) is 5.73 Å². The summed E-state index contributed by atoms with van der Waals surface area (Å²) < 4.78 is 0. The van der Waals surface area contributed by atoms with Crippen molar-refractivity contribution in [1.29, 1.82) is 0 Å². The zero-order chi connectivity index (χ0) is 11.9. The largest absolute Gasteiger partial charge is 0.329 e. The summed E-state index contributed by atoms with van der Waals surface area (Å²) in [4.78, 5) is 4.17. The first-order valence-electron chi connectivity index (χ1n) is 6.76. The average molecular weight is 233 g/mol. The standard InChI is InChI=1S/C14H23N3/c15-10-14(12-6-5-9-16-11-12)17-13-7-3-1-2-4-8-13/h5-6,9,11,13-14,17H,1-4,7-8,10,15H2. The number of nitrogens with two attached hydrogens (primary N) is 1. The lowest BCUT2D eigenvalue weighted by Gasteiger charge is -2.24. The van der Waals surface area contributed by atoms with Crippen LogP contribution in [0.5, 0.6) is 0 Å². The van der Waals surface area contributed by atoms with Gasteiger partial charge in [0.1, 0.15) is 0 Å². The Morgan fingerprint density at radius 1 is 1.29 bits per heavy atom. The van der Waals surface area contributed by atoms with Crippen molar-refractivity contribution in [1.82, 2.24) is 10.3 Å². The van der Waals surface area contributed by atoms with E-state index in [1.54, 1.807) is 0 Å². The molecule has 0 radical (unpaired) electrons. The first-order chi connectivity index (χ1) is 8.40. The third-order valence-corrected chi connectivity index (χ3v) is 3.61. The highest BCUT2D eigenvalue weighted by atomic mass is 15.0. The molecule has 1 aliphatic carbocycles. The molecule has 2 rings (SSSR count). The fourth-order valence-electron chi connectivity index (χ4n) is 2.61. The molecule has 17 heavy (non-hydrogen) atoms. The second-order valence-electron chi connectivity index (χ2n) is 4.93. The van der Waals surface area contributed by atoms with Crippen LogP contribution in [0.15, 0.2) is 24.5 Å². The van der Waals surface area contributed by atoms with Crippen LogP contribution < -0.4 is 11.1 Å². The Bertz CT molecular complexity index is 305. The van der Waals surface area contributed by atoms with Gasteiger partial charge in [-0.25, -0.2) is 0 Å². The molecule has 0 aromatic carbocycles. The molecule has 94 valence electrons.